The van der Waals surface area contributed by atoms with Gasteiger partial charge in [-0.15, -0.1) is 11.8 Å². The van der Waals surface area contributed by atoms with Crippen molar-refractivity contribution in [3.05, 3.63) is 29.8 Å². The van der Waals surface area contributed by atoms with Gasteiger partial charge in [-0.25, -0.2) is 4.79 Å². The minimum Gasteiger partial charge on any atom is -0.334 e. The van der Waals surface area contributed by atoms with Crippen LogP contribution in [0.1, 0.15) is 12.0 Å². The number of hydrogen-bond acceptors (Lipinski definition) is 3. The average Bonchev–Trinajstić information content (AvgIpc) is 2.90. The molecule has 4 nitrogen and oxygen atoms in total. The second kappa shape index (κ2) is 6.99. The summed E-state index contributed by atoms with van der Waals surface area (Å²) < 4.78 is 0. The highest BCUT2D eigenvalue weighted by Crippen LogP contribution is 2.16. The number of likely N-dealkylation sites (N-methyl/N-ethyl adjacent to an activating group) is 2. The van der Waals surface area contributed by atoms with Crippen LogP contribution in [-0.2, 0) is 6.54 Å². The van der Waals surface area contributed by atoms with Crippen molar-refractivity contribution in [3.8, 4) is 0 Å². The molecule has 1 saturated heterocycles. The standard InChI is InChI=1S/C15H23N3OS/c1-17-8-7-13(11-17)18(2)15(19)16-10-12-5-4-6-14(9-12)20-3/h4-6,9,13H,7-8,10-11H2,1-3H3,(H,16,19)/t13-/m0/s1. The molecule has 2 amide bonds. The van der Waals surface area contributed by atoms with E-state index in [4.69, 9.17) is 0 Å². The summed E-state index contributed by atoms with van der Waals surface area (Å²) >= 11 is 1.72. The number of rotatable bonds is 4. The molecule has 0 bridgehead atoms. The third-order valence-electron chi connectivity index (χ3n) is 3.81. The third-order valence-corrected chi connectivity index (χ3v) is 4.54. The van der Waals surface area contributed by atoms with E-state index in [2.05, 4.69) is 35.7 Å². The van der Waals surface area contributed by atoms with Crippen LogP contribution in [0.5, 0.6) is 0 Å². The molecule has 2 rings (SSSR count). The normalized spacial score (nSPS) is 19.1. The molecule has 1 aromatic rings. The maximum absolute atomic E-state index is 12.2. The van der Waals surface area contributed by atoms with E-state index in [9.17, 15) is 4.79 Å². The van der Waals surface area contributed by atoms with E-state index in [1.807, 2.05) is 24.1 Å². The first-order valence-corrected chi connectivity index (χ1v) is 8.14. The van der Waals surface area contributed by atoms with Gasteiger partial charge in [0.2, 0.25) is 0 Å². The number of amides is 2. The smallest absolute Gasteiger partial charge is 0.317 e. The molecule has 1 fully saturated rings. The molecule has 110 valence electrons. The summed E-state index contributed by atoms with van der Waals surface area (Å²) in [5, 5.41) is 3.00. The van der Waals surface area contributed by atoms with Gasteiger partial charge in [-0.1, -0.05) is 12.1 Å². The number of nitrogens with zero attached hydrogens (tertiary/aromatic N) is 2. The van der Waals surface area contributed by atoms with E-state index in [1.165, 1.54) is 4.90 Å². The number of hydrogen-bond donors (Lipinski definition) is 1. The Bertz CT molecular complexity index is 466. The monoisotopic (exact) mass is 293 g/mol. The van der Waals surface area contributed by atoms with Gasteiger partial charge in [-0.2, -0.15) is 0 Å². The van der Waals surface area contributed by atoms with E-state index < -0.39 is 0 Å². The van der Waals surface area contributed by atoms with Crippen molar-refractivity contribution < 1.29 is 4.79 Å². The number of urea groups is 1. The first-order chi connectivity index (χ1) is 9.60. The molecular weight excluding hydrogens is 270 g/mol. The van der Waals surface area contributed by atoms with Gasteiger partial charge in [0.05, 0.1) is 0 Å². The molecule has 0 aromatic heterocycles. The molecule has 1 N–H and O–H groups in total. The average molecular weight is 293 g/mol. The highest BCUT2D eigenvalue weighted by Gasteiger charge is 2.26. The van der Waals surface area contributed by atoms with Gasteiger partial charge in [-0.3, -0.25) is 0 Å². The fraction of sp³-hybridized carbons (Fsp3) is 0.533. The molecule has 0 saturated carbocycles. The van der Waals surface area contributed by atoms with E-state index in [-0.39, 0.29) is 6.03 Å². The van der Waals surface area contributed by atoms with Gasteiger partial charge in [0.15, 0.2) is 0 Å². The summed E-state index contributed by atoms with van der Waals surface area (Å²) in [7, 11) is 3.98. The van der Waals surface area contributed by atoms with Crippen LogP contribution in [0, 0.1) is 0 Å². The molecule has 1 heterocycles. The molecule has 20 heavy (non-hydrogen) atoms. The van der Waals surface area contributed by atoms with Crippen molar-refractivity contribution in [2.24, 2.45) is 0 Å². The first kappa shape index (κ1) is 15.2. The van der Waals surface area contributed by atoms with Crippen LogP contribution in [0.3, 0.4) is 0 Å². The number of carbonyl (C=O) groups is 1. The molecule has 1 aliphatic rings. The molecule has 1 aliphatic heterocycles. The lowest BCUT2D eigenvalue weighted by Gasteiger charge is -2.24. The quantitative estimate of drug-likeness (QED) is 0.865. The van der Waals surface area contributed by atoms with E-state index >= 15 is 0 Å². The lowest BCUT2D eigenvalue weighted by Crippen LogP contribution is -2.44. The largest absolute Gasteiger partial charge is 0.334 e. The van der Waals surface area contributed by atoms with E-state index in [0.717, 1.165) is 25.1 Å². The van der Waals surface area contributed by atoms with Crippen LogP contribution >= 0.6 is 11.8 Å². The predicted octanol–water partition coefficient (Wildman–Crippen LogP) is 2.25. The Labute approximate surface area is 125 Å². The number of nitrogens with one attached hydrogen (secondary N) is 1. The van der Waals surface area contributed by atoms with Crippen LogP contribution < -0.4 is 5.32 Å². The van der Waals surface area contributed by atoms with Crippen LogP contribution in [0.4, 0.5) is 4.79 Å². The Hall–Kier alpha value is -1.20. The van der Waals surface area contributed by atoms with Crippen molar-refractivity contribution in [2.75, 3.05) is 33.4 Å². The maximum Gasteiger partial charge on any atom is 0.317 e. The number of likely N-dealkylation sites (tertiary alicyclic amines) is 1. The lowest BCUT2D eigenvalue weighted by molar-refractivity contribution is 0.190. The fourth-order valence-electron chi connectivity index (χ4n) is 2.48. The van der Waals surface area contributed by atoms with Crippen molar-refractivity contribution >= 4 is 17.8 Å². The SMILES string of the molecule is CSc1cccc(CNC(=O)N(C)[C@H]2CCN(C)C2)c1. The molecular formula is C15H23N3OS. The van der Waals surface area contributed by atoms with Crippen molar-refractivity contribution in [1.82, 2.24) is 15.1 Å². The number of benzene rings is 1. The minimum atomic E-state index is 0.0138. The number of thioether (sulfide) groups is 1. The Morgan fingerprint density at radius 2 is 2.35 bits per heavy atom. The Kier molecular flexibility index (Phi) is 5.31. The molecule has 0 aliphatic carbocycles. The van der Waals surface area contributed by atoms with Crippen molar-refractivity contribution in [3.63, 3.8) is 0 Å². The molecule has 0 unspecified atom stereocenters. The summed E-state index contributed by atoms with van der Waals surface area (Å²) in [5.41, 5.74) is 1.14. The number of carbonyl (C=O) groups excluding carboxylic acids is 1. The summed E-state index contributed by atoms with van der Waals surface area (Å²) in [6.07, 6.45) is 3.12. The van der Waals surface area contributed by atoms with Gasteiger partial charge in [0, 0.05) is 31.1 Å². The Morgan fingerprint density at radius 1 is 1.55 bits per heavy atom. The van der Waals surface area contributed by atoms with Gasteiger partial charge in [0.25, 0.3) is 0 Å². The second-order valence-electron chi connectivity index (χ2n) is 5.33. The van der Waals surface area contributed by atoms with E-state index in [0.29, 0.717) is 12.6 Å². The Morgan fingerprint density at radius 3 is 3.00 bits per heavy atom. The Balaban J connectivity index is 1.85. The topological polar surface area (TPSA) is 35.6 Å². The second-order valence-corrected chi connectivity index (χ2v) is 6.21. The van der Waals surface area contributed by atoms with Crippen LogP contribution in [0.25, 0.3) is 0 Å². The van der Waals surface area contributed by atoms with Crippen molar-refractivity contribution in [1.29, 1.82) is 0 Å². The highest BCUT2D eigenvalue weighted by atomic mass is 32.2. The summed E-state index contributed by atoms with van der Waals surface area (Å²) in [4.78, 5) is 17.5. The third kappa shape index (κ3) is 3.90. The van der Waals surface area contributed by atoms with Crippen molar-refractivity contribution in [2.45, 2.75) is 23.9 Å². The zero-order valence-corrected chi connectivity index (χ0v) is 13.2. The molecule has 1 aromatic carbocycles. The van der Waals surface area contributed by atoms with Crippen LogP contribution in [0.2, 0.25) is 0 Å². The molecule has 0 spiro atoms. The van der Waals surface area contributed by atoms with Gasteiger partial charge >= 0.3 is 6.03 Å². The van der Waals surface area contributed by atoms with Crippen LogP contribution in [-0.4, -0.2) is 55.3 Å². The van der Waals surface area contributed by atoms with Crippen LogP contribution in [0.15, 0.2) is 29.2 Å². The summed E-state index contributed by atoms with van der Waals surface area (Å²) in [6.45, 7) is 2.62. The minimum absolute atomic E-state index is 0.0138. The highest BCUT2D eigenvalue weighted by molar-refractivity contribution is 7.98. The maximum atomic E-state index is 12.2. The zero-order chi connectivity index (χ0) is 14.5. The molecule has 0 radical (unpaired) electrons. The predicted molar refractivity (Wildman–Crippen MR) is 84.1 cm³/mol. The van der Waals surface area contributed by atoms with E-state index in [1.54, 1.807) is 11.8 Å². The summed E-state index contributed by atoms with van der Waals surface area (Å²) in [5.74, 6) is 0. The fourth-order valence-corrected chi connectivity index (χ4v) is 2.96. The first-order valence-electron chi connectivity index (χ1n) is 6.92. The van der Waals surface area contributed by atoms with Gasteiger partial charge < -0.3 is 15.1 Å². The summed E-state index contributed by atoms with van der Waals surface area (Å²) in [6, 6.07) is 8.62. The molecule has 5 heteroatoms. The molecule has 1 atom stereocenters. The lowest BCUT2D eigenvalue weighted by atomic mass is 10.2. The zero-order valence-electron chi connectivity index (χ0n) is 12.4. The van der Waals surface area contributed by atoms with Gasteiger partial charge in [0.1, 0.15) is 0 Å². The van der Waals surface area contributed by atoms with Gasteiger partial charge in [-0.05, 0) is 44.0 Å².